The first-order valence-electron chi connectivity index (χ1n) is 8.43. The van der Waals surface area contributed by atoms with Crippen LogP contribution in [0.5, 0.6) is 0 Å². The molecule has 7 nitrogen and oxygen atoms in total. The lowest BCUT2D eigenvalue weighted by atomic mass is 10.1. The molecule has 1 aliphatic heterocycles. The summed E-state index contributed by atoms with van der Waals surface area (Å²) in [7, 11) is 1.97. The normalized spacial score (nSPS) is 23.4. The number of hydrogen-bond acceptors (Lipinski definition) is 5. The molecule has 2 aromatic heterocycles. The SMILES string of the molecule is CN1CCN(c2nc3c(cc2F)c(=O)c(C(=O)O)cn3[C@@H]2C[C@@H]2F)CC1. The topological polar surface area (TPSA) is 78.7 Å². The van der Waals surface area contributed by atoms with E-state index in [9.17, 15) is 23.5 Å². The fraction of sp³-hybridized carbons (Fsp3) is 0.471. The van der Waals surface area contributed by atoms with E-state index >= 15 is 0 Å². The Morgan fingerprint density at radius 1 is 1.31 bits per heavy atom. The minimum atomic E-state index is -1.43. The molecule has 1 saturated carbocycles. The van der Waals surface area contributed by atoms with Gasteiger partial charge in [-0.05, 0) is 13.1 Å². The first-order valence-corrected chi connectivity index (χ1v) is 8.43. The summed E-state index contributed by atoms with van der Waals surface area (Å²) in [5.41, 5.74) is -1.19. The lowest BCUT2D eigenvalue weighted by Crippen LogP contribution is -2.45. The maximum absolute atomic E-state index is 14.7. The smallest absolute Gasteiger partial charge is 0.341 e. The van der Waals surface area contributed by atoms with Crippen LogP contribution < -0.4 is 10.3 Å². The van der Waals surface area contributed by atoms with Gasteiger partial charge in [0.2, 0.25) is 5.43 Å². The maximum atomic E-state index is 14.7. The van der Waals surface area contributed by atoms with Crippen LogP contribution in [0.2, 0.25) is 0 Å². The molecule has 2 aliphatic rings. The molecule has 4 rings (SSSR count). The van der Waals surface area contributed by atoms with Crippen molar-refractivity contribution >= 4 is 22.8 Å². The van der Waals surface area contributed by atoms with Crippen molar-refractivity contribution in [3.8, 4) is 0 Å². The third kappa shape index (κ3) is 2.72. The highest BCUT2D eigenvalue weighted by atomic mass is 19.1. The number of carbonyl (C=O) groups is 1. The van der Waals surface area contributed by atoms with Gasteiger partial charge in [0.25, 0.3) is 0 Å². The number of fused-ring (bicyclic) bond motifs is 1. The van der Waals surface area contributed by atoms with Crippen molar-refractivity contribution in [2.75, 3.05) is 38.1 Å². The van der Waals surface area contributed by atoms with Gasteiger partial charge < -0.3 is 19.5 Å². The second-order valence-electron chi connectivity index (χ2n) is 6.86. The van der Waals surface area contributed by atoms with Gasteiger partial charge in [-0.2, -0.15) is 0 Å². The summed E-state index contributed by atoms with van der Waals surface area (Å²) in [5, 5.41) is 9.10. The summed E-state index contributed by atoms with van der Waals surface area (Å²) >= 11 is 0. The third-order valence-corrected chi connectivity index (χ3v) is 5.01. The second-order valence-corrected chi connectivity index (χ2v) is 6.86. The number of nitrogens with zero attached hydrogens (tertiary/aromatic N) is 4. The van der Waals surface area contributed by atoms with E-state index in [1.54, 1.807) is 4.90 Å². The molecular formula is C17H18F2N4O3. The molecule has 0 aromatic carbocycles. The number of piperazine rings is 1. The van der Waals surface area contributed by atoms with E-state index in [1.807, 2.05) is 7.05 Å². The third-order valence-electron chi connectivity index (χ3n) is 5.01. The van der Waals surface area contributed by atoms with Crippen molar-refractivity contribution in [3.05, 3.63) is 33.9 Å². The van der Waals surface area contributed by atoms with Gasteiger partial charge in [-0.1, -0.05) is 0 Å². The van der Waals surface area contributed by atoms with E-state index in [0.29, 0.717) is 13.1 Å². The Labute approximate surface area is 147 Å². The zero-order chi connectivity index (χ0) is 18.6. The first-order chi connectivity index (χ1) is 12.4. The van der Waals surface area contributed by atoms with E-state index in [4.69, 9.17) is 0 Å². The number of aromatic nitrogens is 2. The van der Waals surface area contributed by atoms with E-state index in [0.717, 1.165) is 25.4 Å². The molecule has 1 aliphatic carbocycles. The maximum Gasteiger partial charge on any atom is 0.341 e. The molecule has 0 radical (unpaired) electrons. The first kappa shape index (κ1) is 16.9. The van der Waals surface area contributed by atoms with Crippen molar-refractivity contribution in [3.63, 3.8) is 0 Å². The van der Waals surface area contributed by atoms with Crippen molar-refractivity contribution in [2.24, 2.45) is 0 Å². The van der Waals surface area contributed by atoms with Crippen LogP contribution in [0.15, 0.2) is 17.1 Å². The summed E-state index contributed by atoms with van der Waals surface area (Å²) in [4.78, 5) is 32.0. The Balaban J connectivity index is 1.90. The van der Waals surface area contributed by atoms with Crippen LogP contribution in [0.25, 0.3) is 11.0 Å². The summed E-state index contributed by atoms with van der Waals surface area (Å²) < 4.78 is 29.7. The summed E-state index contributed by atoms with van der Waals surface area (Å²) in [6.07, 6.45) is 0.219. The fourth-order valence-corrected chi connectivity index (χ4v) is 3.32. The molecular weight excluding hydrogens is 346 g/mol. The molecule has 2 aromatic rings. The number of anilines is 1. The van der Waals surface area contributed by atoms with E-state index < -0.39 is 35.0 Å². The number of pyridine rings is 2. The summed E-state index contributed by atoms with van der Waals surface area (Å²) in [5.74, 6) is -2.00. The Bertz CT molecular complexity index is 953. The minimum Gasteiger partial charge on any atom is -0.477 e. The molecule has 1 saturated heterocycles. The standard InChI is InChI=1S/C17H18F2N4O3/c1-21-2-4-22(5-3-21)16-12(19)6-9-14(24)10(17(25)26)8-23(15(9)20-16)13-7-11(13)18/h6,8,11,13H,2-5,7H2,1H3,(H,25,26)/t11-,13+/m0/s1. The number of carboxylic acids is 1. The zero-order valence-corrected chi connectivity index (χ0v) is 14.2. The van der Waals surface area contributed by atoms with Crippen LogP contribution >= 0.6 is 0 Å². The quantitative estimate of drug-likeness (QED) is 0.884. The number of halogens is 2. The van der Waals surface area contributed by atoms with Gasteiger partial charge in [-0.3, -0.25) is 4.79 Å². The molecule has 0 unspecified atom stereocenters. The number of likely N-dealkylation sites (N-methyl/N-ethyl adjacent to an activating group) is 1. The molecule has 1 N–H and O–H groups in total. The van der Waals surface area contributed by atoms with Crippen molar-refractivity contribution in [1.29, 1.82) is 0 Å². The lowest BCUT2D eigenvalue weighted by Gasteiger charge is -2.33. The van der Waals surface area contributed by atoms with Gasteiger partial charge in [0, 0.05) is 38.8 Å². The van der Waals surface area contributed by atoms with E-state index in [-0.39, 0.29) is 23.3 Å². The number of hydrogen-bond donors (Lipinski definition) is 1. The van der Waals surface area contributed by atoms with E-state index in [2.05, 4.69) is 9.88 Å². The molecule has 138 valence electrons. The molecule has 26 heavy (non-hydrogen) atoms. The van der Waals surface area contributed by atoms with Crippen LogP contribution in [0.1, 0.15) is 22.8 Å². The number of alkyl halides is 1. The Kier molecular flexibility index (Phi) is 3.91. The van der Waals surface area contributed by atoms with Crippen LogP contribution in [0.3, 0.4) is 0 Å². The predicted molar refractivity (Wildman–Crippen MR) is 91.2 cm³/mol. The molecule has 9 heteroatoms. The van der Waals surface area contributed by atoms with Crippen molar-refractivity contribution in [2.45, 2.75) is 18.6 Å². The van der Waals surface area contributed by atoms with Crippen molar-refractivity contribution < 1.29 is 18.7 Å². The van der Waals surface area contributed by atoms with Gasteiger partial charge >= 0.3 is 5.97 Å². The Morgan fingerprint density at radius 3 is 2.54 bits per heavy atom. The summed E-state index contributed by atoms with van der Waals surface area (Å²) in [6, 6.07) is 0.450. The second kappa shape index (κ2) is 6.01. The number of rotatable bonds is 3. The van der Waals surface area contributed by atoms with E-state index in [1.165, 1.54) is 4.57 Å². The van der Waals surface area contributed by atoms with Crippen molar-refractivity contribution in [1.82, 2.24) is 14.5 Å². The van der Waals surface area contributed by atoms with Crippen LogP contribution in [-0.4, -0.2) is 64.9 Å². The summed E-state index contributed by atoms with van der Waals surface area (Å²) in [6.45, 7) is 2.66. The highest BCUT2D eigenvalue weighted by molar-refractivity contribution is 5.92. The Morgan fingerprint density at radius 2 is 1.96 bits per heavy atom. The van der Waals surface area contributed by atoms with Crippen LogP contribution in [-0.2, 0) is 0 Å². The zero-order valence-electron chi connectivity index (χ0n) is 14.2. The molecule has 0 bridgehead atoms. The number of aromatic carboxylic acids is 1. The molecule has 0 spiro atoms. The van der Waals surface area contributed by atoms with Gasteiger partial charge in [-0.15, -0.1) is 0 Å². The van der Waals surface area contributed by atoms with Crippen LogP contribution in [0.4, 0.5) is 14.6 Å². The Hall–Kier alpha value is -2.55. The van der Waals surface area contributed by atoms with Gasteiger partial charge in [0.15, 0.2) is 11.6 Å². The largest absolute Gasteiger partial charge is 0.477 e. The molecule has 3 heterocycles. The highest BCUT2D eigenvalue weighted by Gasteiger charge is 2.40. The molecule has 2 fully saturated rings. The molecule has 0 amide bonds. The fourth-order valence-electron chi connectivity index (χ4n) is 3.32. The molecule has 2 atom stereocenters. The number of carboxylic acid groups (broad SMARTS) is 1. The van der Waals surface area contributed by atoms with Gasteiger partial charge in [-0.25, -0.2) is 18.6 Å². The lowest BCUT2D eigenvalue weighted by molar-refractivity contribution is 0.0694. The highest BCUT2D eigenvalue weighted by Crippen LogP contribution is 2.40. The monoisotopic (exact) mass is 364 g/mol. The van der Waals surface area contributed by atoms with Crippen LogP contribution in [0, 0.1) is 5.82 Å². The minimum absolute atomic E-state index is 0.109. The van der Waals surface area contributed by atoms with Gasteiger partial charge in [0.05, 0.1) is 11.4 Å². The van der Waals surface area contributed by atoms with Gasteiger partial charge in [0.1, 0.15) is 17.4 Å². The average molecular weight is 364 g/mol. The predicted octanol–water partition coefficient (Wildman–Crippen LogP) is 1.27. The average Bonchev–Trinajstić information content (AvgIpc) is 3.32.